The minimum atomic E-state index is -2.34. The van der Waals surface area contributed by atoms with Crippen LogP contribution in [-0.2, 0) is 0 Å². The molecule has 4 rings (SSSR count). The summed E-state index contributed by atoms with van der Waals surface area (Å²) in [5.41, 5.74) is 0. The number of rotatable bonds is 10. The van der Waals surface area contributed by atoms with E-state index in [4.69, 9.17) is 22.6 Å². The third-order valence-corrected chi connectivity index (χ3v) is 6.28. The molecule has 2 heterocycles. The van der Waals surface area contributed by atoms with Crippen LogP contribution in [0.15, 0.2) is 77.3 Å². The Labute approximate surface area is 217 Å². The number of benzene rings is 2. The smallest absolute Gasteiger partial charge is 0.134 e. The molecule has 0 aliphatic heterocycles. The van der Waals surface area contributed by atoms with E-state index in [1.807, 2.05) is 17.5 Å². The molecule has 0 amide bonds. The monoisotopic (exact) mass is 481 g/mol. The first-order valence-electron chi connectivity index (χ1n) is 16.3. The molecule has 0 saturated heterocycles. The highest BCUT2D eigenvalue weighted by molar-refractivity contribution is 7.10. The number of aliphatic hydroxyl groups excluding tert-OH is 1. The van der Waals surface area contributed by atoms with Crippen molar-refractivity contribution in [2.24, 2.45) is 0 Å². The lowest BCUT2D eigenvalue weighted by Gasteiger charge is -2.19. The van der Waals surface area contributed by atoms with Crippen molar-refractivity contribution in [2.45, 2.75) is 25.0 Å². The summed E-state index contributed by atoms with van der Waals surface area (Å²) in [5.74, 6) is -0.227. The van der Waals surface area contributed by atoms with Gasteiger partial charge in [-0.15, -0.1) is 22.7 Å². The summed E-state index contributed by atoms with van der Waals surface area (Å²) in [4.78, 5) is 1.60. The lowest BCUT2D eigenvalue weighted by atomic mass is 10.1. The fourth-order valence-electron chi connectivity index (χ4n) is 2.79. The average Bonchev–Trinajstić information content (AvgIpc) is 3.68. The van der Waals surface area contributed by atoms with Gasteiger partial charge in [-0.25, -0.2) is 0 Å². The molecule has 0 radical (unpaired) electrons. The minimum absolute atomic E-state index is 0.0621. The lowest BCUT2D eigenvalue weighted by Crippen LogP contribution is -2.15. The molecular formula is C26H32N2O2S2. The van der Waals surface area contributed by atoms with Crippen LogP contribution in [0.25, 0.3) is 10.8 Å². The molecular weight excluding hydrogens is 436 g/mol. The number of hydrogen-bond donors (Lipinski definition) is 3. The number of hydrogen-bond acceptors (Lipinski definition) is 6. The molecule has 0 saturated carbocycles. The van der Waals surface area contributed by atoms with E-state index in [-0.39, 0.29) is 36.0 Å². The van der Waals surface area contributed by atoms with Gasteiger partial charge in [0.15, 0.2) is 0 Å². The van der Waals surface area contributed by atoms with Crippen LogP contribution < -0.4 is 15.4 Å². The third-order valence-electron chi connectivity index (χ3n) is 4.34. The molecule has 4 aromatic rings. The Morgan fingerprint density at radius 2 is 1.62 bits per heavy atom. The van der Waals surface area contributed by atoms with Gasteiger partial charge in [0.25, 0.3) is 0 Å². The van der Waals surface area contributed by atoms with Gasteiger partial charge in [0.1, 0.15) is 11.9 Å². The molecule has 0 spiro atoms. The van der Waals surface area contributed by atoms with Crippen LogP contribution in [0.4, 0.5) is 0 Å². The molecule has 170 valence electrons. The molecule has 32 heavy (non-hydrogen) atoms. The summed E-state index contributed by atoms with van der Waals surface area (Å²) in [5, 5.41) is 17.7. The highest BCUT2D eigenvalue weighted by Gasteiger charge is 2.15. The van der Waals surface area contributed by atoms with Crippen LogP contribution in [0.5, 0.6) is 5.75 Å². The number of ether oxygens (including phenoxy) is 1. The molecule has 4 nitrogen and oxygen atoms in total. The molecule has 3 N–H and O–H groups in total. The second kappa shape index (κ2) is 13.4. The van der Waals surface area contributed by atoms with Gasteiger partial charge in [-0.2, -0.15) is 0 Å². The summed E-state index contributed by atoms with van der Waals surface area (Å²) >= 11 is 2.82. The van der Waals surface area contributed by atoms with Crippen LogP contribution in [0.2, 0.25) is 0 Å². The van der Waals surface area contributed by atoms with E-state index in [0.29, 0.717) is 6.42 Å². The maximum absolute atomic E-state index is 9.59. The maximum atomic E-state index is 9.59. The quantitative estimate of drug-likeness (QED) is 0.259. The zero-order valence-electron chi connectivity index (χ0n) is 30.1. The summed E-state index contributed by atoms with van der Waals surface area (Å²) in [7, 11) is 0. The van der Waals surface area contributed by atoms with Crippen LogP contribution in [0.3, 0.4) is 0 Å². The molecule has 2 unspecified atom stereocenters. The first-order valence-corrected chi connectivity index (χ1v) is 11.6. The molecule has 2 aromatic heterocycles. The van der Waals surface area contributed by atoms with Crippen LogP contribution in [-0.4, -0.2) is 32.1 Å². The van der Waals surface area contributed by atoms with Gasteiger partial charge < -0.3 is 20.5 Å². The van der Waals surface area contributed by atoms with Crippen LogP contribution >= 0.6 is 22.7 Å². The SMILES string of the molecule is [2H]C([2H])([2H])NCCC(O)c1cccs1.[2H]c1c([2H])c([2H])c2c(OC(CCNC([2H])([2H])[2H])c3cccs3)c([2H])c([2H])c([2H])c2c1[2H]. The third kappa shape index (κ3) is 7.15. The summed E-state index contributed by atoms with van der Waals surface area (Å²) < 4.78 is 105. The first kappa shape index (κ1) is 12.3. The van der Waals surface area contributed by atoms with Gasteiger partial charge in [0.05, 0.1) is 15.7 Å². The summed E-state index contributed by atoms with van der Waals surface area (Å²) in [6.45, 7) is -4.11. The Morgan fingerprint density at radius 1 is 0.938 bits per heavy atom. The van der Waals surface area contributed by atoms with Crippen molar-refractivity contribution in [3.05, 3.63) is 87.1 Å². The fourth-order valence-corrected chi connectivity index (χ4v) is 4.32. The minimum Gasteiger partial charge on any atom is -0.484 e. The van der Waals surface area contributed by atoms with E-state index in [1.165, 1.54) is 22.7 Å². The largest absolute Gasteiger partial charge is 0.484 e. The predicted octanol–water partition coefficient (Wildman–Crippen LogP) is 6.02. The van der Waals surface area contributed by atoms with E-state index >= 15 is 0 Å². The second-order valence-corrected chi connectivity index (χ2v) is 8.50. The number of fused-ring (bicyclic) bond motifs is 1. The van der Waals surface area contributed by atoms with Gasteiger partial charge in [-0.05, 0) is 67.8 Å². The van der Waals surface area contributed by atoms with Crippen molar-refractivity contribution in [2.75, 3.05) is 27.0 Å². The average molecular weight is 482 g/mol. The molecule has 0 fully saturated rings. The first-order chi connectivity index (χ1) is 20.9. The van der Waals surface area contributed by atoms with Crippen molar-refractivity contribution < 1.29 is 27.7 Å². The highest BCUT2D eigenvalue weighted by Crippen LogP contribution is 2.32. The summed E-state index contributed by atoms with van der Waals surface area (Å²) in [6.07, 6.45) is -0.679. The van der Waals surface area contributed by atoms with Crippen molar-refractivity contribution in [1.29, 1.82) is 0 Å². The Bertz CT molecular complexity index is 1550. The topological polar surface area (TPSA) is 53.5 Å². The Hall–Kier alpha value is -2.22. The molecule has 0 bridgehead atoms. The van der Waals surface area contributed by atoms with E-state index in [9.17, 15) is 5.11 Å². The molecule has 0 aliphatic carbocycles. The molecule has 0 aliphatic rings. The van der Waals surface area contributed by atoms with Crippen LogP contribution in [0, 0.1) is 0 Å². The molecule has 2 atom stereocenters. The van der Waals surface area contributed by atoms with Gasteiger partial charge in [-0.1, -0.05) is 48.4 Å². The van der Waals surface area contributed by atoms with Gasteiger partial charge in [0, 0.05) is 29.8 Å². The molecule has 2 aromatic carbocycles. The molecule has 6 heteroatoms. The highest BCUT2D eigenvalue weighted by atomic mass is 32.1. The Balaban J connectivity index is 0.000000330. The van der Waals surface area contributed by atoms with Gasteiger partial charge in [-0.3, -0.25) is 0 Å². The Kier molecular flexibility index (Phi) is 5.13. The standard InChI is InChI=1S/C18H19NOS.C8H13NOS/c1-19-12-11-17(18-10-5-13-21-18)20-16-9-4-7-14-6-2-3-8-15(14)16;1-9-5-4-7(10)8-3-2-6-11-8/h2-10,13,17,19H,11-12H2,1H3;2-3,6-7,9-10H,4-5H2,1H3/i1D3,2D,3D,4D,6D,7D,8D,9D;1D3. The number of nitrogens with one attached hydrogen (secondary N) is 2. The normalized spacial score (nSPS) is 19.3. The predicted molar refractivity (Wildman–Crippen MR) is 138 cm³/mol. The number of thiophene rings is 2. The lowest BCUT2D eigenvalue weighted by molar-refractivity contribution is 0.171. The van der Waals surface area contributed by atoms with E-state index in [2.05, 4.69) is 10.6 Å². The van der Waals surface area contributed by atoms with E-state index in [0.717, 1.165) is 9.75 Å². The Morgan fingerprint density at radius 3 is 2.34 bits per heavy atom. The van der Waals surface area contributed by atoms with Crippen molar-refractivity contribution in [3.63, 3.8) is 0 Å². The zero-order chi connectivity index (χ0) is 33.7. The summed E-state index contributed by atoms with van der Waals surface area (Å²) in [6, 6.07) is 3.79. The zero-order valence-corrected chi connectivity index (χ0v) is 18.8. The van der Waals surface area contributed by atoms with Crippen LogP contribution in [0.1, 0.15) is 52.6 Å². The second-order valence-electron chi connectivity index (χ2n) is 6.54. The van der Waals surface area contributed by atoms with Crippen molar-refractivity contribution >= 4 is 33.4 Å². The van der Waals surface area contributed by atoms with E-state index in [1.54, 1.807) is 17.5 Å². The van der Waals surface area contributed by atoms with Gasteiger partial charge in [0.2, 0.25) is 0 Å². The van der Waals surface area contributed by atoms with Gasteiger partial charge >= 0.3 is 0 Å². The van der Waals surface area contributed by atoms with Crippen molar-refractivity contribution in [1.82, 2.24) is 10.6 Å². The maximum Gasteiger partial charge on any atom is 0.134 e. The fraction of sp³-hybridized carbons (Fsp3) is 0.308. The number of aliphatic hydroxyl groups is 1. The van der Waals surface area contributed by atoms with Crippen molar-refractivity contribution in [3.8, 4) is 5.75 Å². The van der Waals surface area contributed by atoms with E-state index < -0.39 is 68.5 Å².